The van der Waals surface area contributed by atoms with E-state index in [4.69, 9.17) is 4.74 Å². The van der Waals surface area contributed by atoms with Crippen LogP contribution in [0.5, 0.6) is 5.75 Å². The Morgan fingerprint density at radius 1 is 0.765 bits per heavy atom. The fourth-order valence-corrected chi connectivity index (χ4v) is 6.18. The molecule has 0 aromatic heterocycles. The van der Waals surface area contributed by atoms with Gasteiger partial charge in [0.2, 0.25) is 0 Å². The van der Waals surface area contributed by atoms with Crippen LogP contribution in [0.15, 0.2) is 97.1 Å². The molecule has 3 atom stereocenters. The van der Waals surface area contributed by atoms with Crippen molar-refractivity contribution in [2.24, 2.45) is 10.8 Å². The second-order valence-electron chi connectivity index (χ2n) is 9.04. The number of carbonyl (C=O) groups excluding carboxylic acids is 3. The highest BCUT2D eigenvalue weighted by molar-refractivity contribution is 6.26. The van der Waals surface area contributed by atoms with E-state index in [0.717, 1.165) is 16.3 Å². The van der Waals surface area contributed by atoms with Gasteiger partial charge in [-0.25, -0.2) is 0 Å². The number of hydrogen-bond donors (Lipinski definition) is 0. The second-order valence-corrected chi connectivity index (χ2v) is 9.04. The number of ether oxygens (including phenoxy) is 1. The molecule has 1 aliphatic heterocycles. The Morgan fingerprint density at radius 3 is 2.00 bits per heavy atom. The zero-order valence-corrected chi connectivity index (χ0v) is 18.7. The molecule has 1 heterocycles. The maximum atomic E-state index is 14.2. The fourth-order valence-electron chi connectivity index (χ4n) is 6.18. The van der Waals surface area contributed by atoms with Crippen molar-refractivity contribution >= 4 is 28.3 Å². The Bertz CT molecular complexity index is 1470. The van der Waals surface area contributed by atoms with Crippen LogP contribution in [0.1, 0.15) is 45.5 Å². The summed E-state index contributed by atoms with van der Waals surface area (Å²) in [5.74, 6) is -1.36. The van der Waals surface area contributed by atoms with Crippen LogP contribution in [-0.4, -0.2) is 17.5 Å². The average Bonchev–Trinajstić information content (AvgIpc) is 3.54. The van der Waals surface area contributed by atoms with Crippen LogP contribution >= 0.6 is 0 Å². The van der Waals surface area contributed by atoms with Crippen molar-refractivity contribution in [3.63, 3.8) is 0 Å². The van der Waals surface area contributed by atoms with Gasteiger partial charge < -0.3 is 4.74 Å². The molecular weight excluding hydrogens is 424 g/mol. The summed E-state index contributed by atoms with van der Waals surface area (Å²) < 4.78 is 5.87. The molecular formula is C30H22O4. The van der Waals surface area contributed by atoms with E-state index in [2.05, 4.69) is 0 Å². The molecule has 6 rings (SSSR count). The lowest BCUT2D eigenvalue weighted by Crippen LogP contribution is -2.39. The average molecular weight is 447 g/mol. The molecule has 2 aliphatic rings. The Morgan fingerprint density at radius 2 is 1.35 bits per heavy atom. The van der Waals surface area contributed by atoms with Crippen molar-refractivity contribution in [1.82, 2.24) is 0 Å². The molecule has 0 spiro atoms. The summed E-state index contributed by atoms with van der Waals surface area (Å²) >= 11 is 0. The van der Waals surface area contributed by atoms with E-state index in [9.17, 15) is 14.4 Å². The van der Waals surface area contributed by atoms with E-state index >= 15 is 0 Å². The van der Waals surface area contributed by atoms with Gasteiger partial charge in [-0.2, -0.15) is 0 Å². The largest absolute Gasteiger partial charge is 0.425 e. The maximum Gasteiger partial charge on any atom is 0.327 e. The van der Waals surface area contributed by atoms with E-state index in [-0.39, 0.29) is 11.6 Å². The molecule has 4 nitrogen and oxygen atoms in total. The number of rotatable bonds is 5. The lowest BCUT2D eigenvalue weighted by Gasteiger charge is -2.24. The second kappa shape index (κ2) is 7.22. The van der Waals surface area contributed by atoms with Gasteiger partial charge in [0.15, 0.2) is 17.0 Å². The smallest absolute Gasteiger partial charge is 0.327 e. The van der Waals surface area contributed by atoms with E-state index in [1.807, 2.05) is 49.4 Å². The molecule has 0 unspecified atom stereocenters. The normalized spacial score (nSPS) is 24.6. The molecule has 0 amide bonds. The van der Waals surface area contributed by atoms with Crippen LogP contribution in [0, 0.1) is 10.8 Å². The zero-order chi connectivity index (χ0) is 23.5. The molecule has 34 heavy (non-hydrogen) atoms. The SMILES string of the molecule is CC[C@]1(C(=O)c2ccccc2)[C@@H]2c3c(ccc4ccccc34)OC(=O)[C@@]21C(=O)c1ccccc1. The highest BCUT2D eigenvalue weighted by Crippen LogP contribution is 2.81. The molecule has 0 radical (unpaired) electrons. The van der Waals surface area contributed by atoms with Crippen LogP contribution in [0.2, 0.25) is 0 Å². The third-order valence-electron chi connectivity index (χ3n) is 7.68. The van der Waals surface area contributed by atoms with Crippen LogP contribution in [-0.2, 0) is 4.79 Å². The van der Waals surface area contributed by atoms with Crippen LogP contribution < -0.4 is 4.74 Å². The summed E-state index contributed by atoms with van der Waals surface area (Å²) in [6.45, 7) is 1.89. The van der Waals surface area contributed by atoms with Crippen molar-refractivity contribution in [3.05, 3.63) is 114 Å². The molecule has 4 aromatic carbocycles. The zero-order valence-electron chi connectivity index (χ0n) is 18.7. The van der Waals surface area contributed by atoms with Gasteiger partial charge in [0, 0.05) is 22.6 Å². The van der Waals surface area contributed by atoms with E-state index in [0.29, 0.717) is 23.3 Å². The minimum absolute atomic E-state index is 0.192. The Balaban J connectivity index is 1.67. The lowest BCUT2D eigenvalue weighted by atomic mass is 9.79. The molecule has 0 N–H and O–H groups in total. The van der Waals surface area contributed by atoms with Gasteiger partial charge in [-0.3, -0.25) is 14.4 Å². The topological polar surface area (TPSA) is 60.4 Å². The molecule has 4 heteroatoms. The predicted octanol–water partition coefficient (Wildman–Crippen LogP) is 6.00. The van der Waals surface area contributed by atoms with Gasteiger partial charge in [-0.15, -0.1) is 0 Å². The van der Waals surface area contributed by atoms with Crippen molar-refractivity contribution in [2.75, 3.05) is 0 Å². The van der Waals surface area contributed by atoms with Crippen LogP contribution in [0.25, 0.3) is 10.8 Å². The third-order valence-corrected chi connectivity index (χ3v) is 7.68. The van der Waals surface area contributed by atoms with Gasteiger partial charge in [0.25, 0.3) is 0 Å². The first-order valence-electron chi connectivity index (χ1n) is 11.5. The number of Topliss-reactive ketones (excluding diaryl/α,β-unsaturated/α-hetero) is 2. The first-order chi connectivity index (χ1) is 16.6. The molecule has 1 fully saturated rings. The first kappa shape index (κ1) is 20.5. The summed E-state index contributed by atoms with van der Waals surface area (Å²) in [4.78, 5) is 42.2. The fraction of sp³-hybridized carbons (Fsp3) is 0.167. The van der Waals surface area contributed by atoms with Crippen molar-refractivity contribution < 1.29 is 19.1 Å². The van der Waals surface area contributed by atoms with Crippen LogP contribution in [0.3, 0.4) is 0 Å². The highest BCUT2D eigenvalue weighted by atomic mass is 16.5. The number of hydrogen-bond acceptors (Lipinski definition) is 4. The Labute approximate surface area is 197 Å². The number of carbonyl (C=O) groups is 3. The molecule has 0 bridgehead atoms. The summed E-state index contributed by atoms with van der Waals surface area (Å²) in [6.07, 6.45) is 0.335. The molecule has 0 saturated heterocycles. The molecule has 166 valence electrons. The summed E-state index contributed by atoms with van der Waals surface area (Å²) in [7, 11) is 0. The highest BCUT2D eigenvalue weighted by Gasteiger charge is 2.89. The number of fused-ring (bicyclic) bond motifs is 5. The van der Waals surface area contributed by atoms with Crippen molar-refractivity contribution in [3.8, 4) is 5.75 Å². The number of benzene rings is 4. The summed E-state index contributed by atoms with van der Waals surface area (Å²) in [5, 5.41) is 1.88. The van der Waals surface area contributed by atoms with Gasteiger partial charge in [0.1, 0.15) is 5.75 Å². The van der Waals surface area contributed by atoms with Crippen molar-refractivity contribution in [2.45, 2.75) is 19.3 Å². The first-order valence-corrected chi connectivity index (χ1v) is 11.5. The Kier molecular flexibility index (Phi) is 4.37. The minimum Gasteiger partial charge on any atom is -0.425 e. The number of esters is 1. The van der Waals surface area contributed by atoms with Crippen LogP contribution in [0.4, 0.5) is 0 Å². The van der Waals surface area contributed by atoms with Gasteiger partial charge >= 0.3 is 5.97 Å². The van der Waals surface area contributed by atoms with E-state index in [1.54, 1.807) is 54.6 Å². The molecule has 1 saturated carbocycles. The minimum atomic E-state index is -1.60. The quantitative estimate of drug-likeness (QED) is 0.163. The lowest BCUT2D eigenvalue weighted by molar-refractivity contribution is -0.140. The Hall–Kier alpha value is -4.05. The van der Waals surface area contributed by atoms with E-state index in [1.165, 1.54) is 0 Å². The third kappa shape index (κ3) is 2.40. The maximum absolute atomic E-state index is 14.2. The van der Waals surface area contributed by atoms with Gasteiger partial charge in [-0.1, -0.05) is 97.9 Å². The van der Waals surface area contributed by atoms with E-state index < -0.39 is 22.7 Å². The van der Waals surface area contributed by atoms with Gasteiger partial charge in [-0.05, 0) is 23.3 Å². The number of ketones is 2. The molecule has 4 aromatic rings. The monoisotopic (exact) mass is 446 g/mol. The van der Waals surface area contributed by atoms with Crippen molar-refractivity contribution in [1.29, 1.82) is 0 Å². The van der Waals surface area contributed by atoms with Gasteiger partial charge in [0.05, 0.1) is 5.41 Å². The predicted molar refractivity (Wildman–Crippen MR) is 129 cm³/mol. The molecule has 1 aliphatic carbocycles. The summed E-state index contributed by atoms with van der Waals surface area (Å²) in [5.41, 5.74) is -1.16. The summed E-state index contributed by atoms with van der Waals surface area (Å²) in [6, 6.07) is 29.2. The standard InChI is InChI=1S/C30H22O4/c1-2-29(26(31)20-12-5-3-6-13-20)25-24-22-16-10-9-11-19(22)17-18-23(24)34-28(33)30(25,29)27(32)21-14-7-4-8-15-21/h3-18,25H,2H2,1H3/t25-,29+,30-/m0/s1.